The molecule has 3 aromatic heterocycles. The van der Waals surface area contributed by atoms with Gasteiger partial charge in [-0.05, 0) is 53.2 Å². The lowest BCUT2D eigenvalue weighted by molar-refractivity contribution is 0.954. The molecule has 48 heavy (non-hydrogen) atoms. The first-order valence-electron chi connectivity index (χ1n) is 16.1. The van der Waals surface area contributed by atoms with E-state index in [1.807, 2.05) is 18.2 Å². The monoisotopic (exact) mass is 613 g/mol. The third-order valence-electron chi connectivity index (χ3n) is 9.34. The lowest BCUT2D eigenvalue weighted by atomic mass is 10.1. The molecule has 0 unspecified atom stereocenters. The molecule has 0 N–H and O–H groups in total. The molecule has 0 fully saturated rings. The van der Waals surface area contributed by atoms with Crippen molar-refractivity contribution in [2.24, 2.45) is 0 Å². The van der Waals surface area contributed by atoms with Crippen LogP contribution in [0.15, 0.2) is 164 Å². The second-order valence-corrected chi connectivity index (χ2v) is 12.1. The van der Waals surface area contributed by atoms with E-state index >= 15 is 0 Å². The molecule has 3 heterocycles. The molecular weight excluding hydrogens is 587 g/mol. The van der Waals surface area contributed by atoms with E-state index in [1.165, 1.54) is 21.7 Å². The fraction of sp³-hybridized carbons (Fsp3) is 0. The van der Waals surface area contributed by atoms with Crippen molar-refractivity contribution >= 4 is 54.4 Å². The van der Waals surface area contributed by atoms with Gasteiger partial charge in [0.25, 0.3) is 0 Å². The quantitative estimate of drug-likeness (QED) is 0.198. The molecule has 5 nitrogen and oxygen atoms in total. The van der Waals surface area contributed by atoms with Crippen molar-refractivity contribution in [3.05, 3.63) is 164 Å². The van der Waals surface area contributed by atoms with Crippen LogP contribution < -0.4 is 0 Å². The summed E-state index contributed by atoms with van der Waals surface area (Å²) in [4.78, 5) is 15.4. The fourth-order valence-electron chi connectivity index (χ4n) is 7.14. The maximum Gasteiger partial charge on any atom is 0.238 e. The molecule has 0 amide bonds. The number of benzene rings is 7. The summed E-state index contributed by atoms with van der Waals surface area (Å²) < 4.78 is 4.57. The van der Waals surface area contributed by atoms with Crippen molar-refractivity contribution in [2.45, 2.75) is 0 Å². The Bertz CT molecular complexity index is 2830. The summed E-state index contributed by atoms with van der Waals surface area (Å²) >= 11 is 0. The zero-order chi connectivity index (χ0) is 31.6. The van der Waals surface area contributed by atoms with Crippen LogP contribution in [0, 0.1) is 0 Å². The Morgan fingerprint density at radius 1 is 0.333 bits per heavy atom. The van der Waals surface area contributed by atoms with Gasteiger partial charge in [-0.1, -0.05) is 121 Å². The highest BCUT2D eigenvalue weighted by atomic mass is 15.2. The number of hydrogen-bond donors (Lipinski definition) is 0. The van der Waals surface area contributed by atoms with Gasteiger partial charge in [0, 0.05) is 38.4 Å². The summed E-state index contributed by atoms with van der Waals surface area (Å²) in [5.41, 5.74) is 7.46. The largest absolute Gasteiger partial charge is 0.309 e. The topological polar surface area (TPSA) is 48.5 Å². The molecule has 0 aliphatic heterocycles. The summed E-state index contributed by atoms with van der Waals surface area (Å²) in [5.74, 6) is 1.86. The molecule has 7 aromatic carbocycles. The normalized spacial score (nSPS) is 11.8. The molecule has 0 aliphatic carbocycles. The first kappa shape index (κ1) is 26.6. The van der Waals surface area contributed by atoms with E-state index in [0.29, 0.717) is 17.6 Å². The van der Waals surface area contributed by atoms with Gasteiger partial charge in [-0.25, -0.2) is 4.98 Å². The second kappa shape index (κ2) is 10.5. The van der Waals surface area contributed by atoms with E-state index < -0.39 is 0 Å². The van der Waals surface area contributed by atoms with E-state index in [0.717, 1.165) is 49.5 Å². The first-order valence-corrected chi connectivity index (χ1v) is 16.1. The minimum atomic E-state index is 0.587. The van der Waals surface area contributed by atoms with Gasteiger partial charge in [-0.15, -0.1) is 0 Å². The molecule has 10 aromatic rings. The number of fused-ring (bicyclic) bond motifs is 7. The maximum atomic E-state index is 5.21. The molecule has 0 radical (unpaired) electrons. The summed E-state index contributed by atoms with van der Waals surface area (Å²) in [7, 11) is 0. The highest BCUT2D eigenvalue weighted by Gasteiger charge is 2.21. The fourth-order valence-corrected chi connectivity index (χ4v) is 7.14. The molecule has 0 saturated heterocycles. The van der Waals surface area contributed by atoms with Crippen LogP contribution in [-0.4, -0.2) is 24.1 Å². The molecule has 0 spiro atoms. The lowest BCUT2D eigenvalue weighted by Crippen LogP contribution is -2.06. The third kappa shape index (κ3) is 4.08. The lowest BCUT2D eigenvalue weighted by Gasteiger charge is -2.11. The van der Waals surface area contributed by atoms with Crippen molar-refractivity contribution in [2.75, 3.05) is 0 Å². The molecule has 0 bridgehead atoms. The Balaban J connectivity index is 1.30. The minimum Gasteiger partial charge on any atom is -0.309 e. The average Bonchev–Trinajstić information content (AvgIpc) is 3.66. The van der Waals surface area contributed by atoms with Gasteiger partial charge >= 0.3 is 0 Å². The van der Waals surface area contributed by atoms with Gasteiger partial charge in [0.15, 0.2) is 11.6 Å². The van der Waals surface area contributed by atoms with Gasteiger partial charge in [-0.2, -0.15) is 9.97 Å². The Morgan fingerprint density at radius 2 is 0.875 bits per heavy atom. The van der Waals surface area contributed by atoms with Crippen LogP contribution in [0.2, 0.25) is 0 Å². The van der Waals surface area contributed by atoms with Gasteiger partial charge in [-0.3, -0.25) is 4.57 Å². The second-order valence-electron chi connectivity index (χ2n) is 12.1. The van der Waals surface area contributed by atoms with Crippen LogP contribution in [0.25, 0.3) is 88.8 Å². The molecular formula is C43H27N5. The number of aromatic nitrogens is 5. The van der Waals surface area contributed by atoms with Gasteiger partial charge in [0.2, 0.25) is 5.95 Å². The van der Waals surface area contributed by atoms with Crippen LogP contribution >= 0.6 is 0 Å². The Labute approximate surface area is 276 Å². The summed E-state index contributed by atoms with van der Waals surface area (Å²) in [5, 5.41) is 7.00. The molecule has 5 heteroatoms. The van der Waals surface area contributed by atoms with Crippen molar-refractivity contribution in [1.29, 1.82) is 0 Å². The minimum absolute atomic E-state index is 0.587. The number of hydrogen-bond acceptors (Lipinski definition) is 3. The number of rotatable bonds is 4. The van der Waals surface area contributed by atoms with Crippen molar-refractivity contribution in [3.8, 4) is 34.4 Å². The SMILES string of the molecule is c1ccc(-c2nc(-c3ccc4ccccc4c3)nc(-n3c4ccccc4c4cc5c(cc43)c3ccccc3n5-c3ccccc3)n2)cc1. The molecule has 10 rings (SSSR count). The molecule has 224 valence electrons. The van der Waals surface area contributed by atoms with E-state index in [2.05, 4.69) is 155 Å². The standard InChI is InChI=1S/C43H27N5/c1-3-14-29(15-4-1)41-44-42(31-24-23-28-13-7-8-16-30(28)25-31)46-43(45-41)48-38-22-12-10-20-34(38)36-26-39-35(27-40(36)48)33-19-9-11-21-37(33)47(39)32-17-5-2-6-18-32/h1-27H. The zero-order valence-electron chi connectivity index (χ0n) is 25.8. The van der Waals surface area contributed by atoms with Crippen molar-refractivity contribution in [3.63, 3.8) is 0 Å². The molecule has 0 saturated carbocycles. The predicted octanol–water partition coefficient (Wildman–Crippen LogP) is 10.6. The van der Waals surface area contributed by atoms with Gasteiger partial charge in [0.05, 0.1) is 22.1 Å². The van der Waals surface area contributed by atoms with Gasteiger partial charge < -0.3 is 4.57 Å². The first-order chi connectivity index (χ1) is 23.8. The predicted molar refractivity (Wildman–Crippen MR) is 197 cm³/mol. The van der Waals surface area contributed by atoms with Gasteiger partial charge in [0.1, 0.15) is 0 Å². The number of para-hydroxylation sites is 3. The molecule has 0 aliphatic rings. The van der Waals surface area contributed by atoms with Crippen molar-refractivity contribution < 1.29 is 0 Å². The van der Waals surface area contributed by atoms with Crippen LogP contribution in [0.3, 0.4) is 0 Å². The Morgan fingerprint density at radius 3 is 1.58 bits per heavy atom. The average molecular weight is 614 g/mol. The van der Waals surface area contributed by atoms with Crippen molar-refractivity contribution in [1.82, 2.24) is 24.1 Å². The van der Waals surface area contributed by atoms with Crippen LogP contribution in [0.1, 0.15) is 0 Å². The van der Waals surface area contributed by atoms with E-state index in [-0.39, 0.29) is 0 Å². The van der Waals surface area contributed by atoms with E-state index in [9.17, 15) is 0 Å². The third-order valence-corrected chi connectivity index (χ3v) is 9.34. The smallest absolute Gasteiger partial charge is 0.238 e. The summed E-state index contributed by atoms with van der Waals surface area (Å²) in [6.45, 7) is 0. The Kier molecular flexibility index (Phi) is 5.81. The van der Waals surface area contributed by atoms with Crippen LogP contribution in [0.4, 0.5) is 0 Å². The van der Waals surface area contributed by atoms with E-state index in [1.54, 1.807) is 0 Å². The van der Waals surface area contributed by atoms with Crippen LogP contribution in [0.5, 0.6) is 0 Å². The Hall–Kier alpha value is -6.59. The zero-order valence-corrected chi connectivity index (χ0v) is 25.8. The number of nitrogens with zero attached hydrogens (tertiary/aromatic N) is 5. The summed E-state index contributed by atoms with van der Waals surface area (Å²) in [6, 6.07) is 57.4. The maximum absolute atomic E-state index is 5.21. The van der Waals surface area contributed by atoms with E-state index in [4.69, 9.17) is 15.0 Å². The molecule has 0 atom stereocenters. The highest BCUT2D eigenvalue weighted by Crippen LogP contribution is 2.39. The summed E-state index contributed by atoms with van der Waals surface area (Å²) in [6.07, 6.45) is 0. The van der Waals surface area contributed by atoms with Crippen LogP contribution in [-0.2, 0) is 0 Å². The highest BCUT2D eigenvalue weighted by molar-refractivity contribution is 6.18.